The molecule has 0 bridgehead atoms. The molecule has 0 fully saturated rings. The van der Waals surface area contributed by atoms with E-state index in [1.807, 2.05) is 30.3 Å². The number of aliphatic hydroxyl groups is 1. The minimum absolute atomic E-state index is 0.189. The monoisotopic (exact) mass is 481 g/mol. The molecule has 4 rings (SSSR count). The fourth-order valence-electron chi connectivity index (χ4n) is 4.00. The van der Waals surface area contributed by atoms with Crippen molar-refractivity contribution < 1.29 is 22.7 Å². The Labute approximate surface area is 200 Å². The van der Waals surface area contributed by atoms with E-state index in [0.717, 1.165) is 17.7 Å². The van der Waals surface area contributed by atoms with Crippen molar-refractivity contribution >= 4 is 5.69 Å². The van der Waals surface area contributed by atoms with Crippen molar-refractivity contribution in [3.05, 3.63) is 131 Å². The molecule has 2 atom stereocenters. The zero-order valence-corrected chi connectivity index (χ0v) is 18.5. The van der Waals surface area contributed by atoms with Crippen LogP contribution in [0.4, 0.5) is 23.2 Å². The zero-order chi connectivity index (χ0) is 24.9. The molecule has 0 saturated heterocycles. The second-order valence-electron chi connectivity index (χ2n) is 8.06. The minimum Gasteiger partial charge on any atom is -0.361 e. The first-order chi connectivity index (χ1) is 16.8. The lowest BCUT2D eigenvalue weighted by molar-refractivity contribution is -0.137. The molecule has 0 spiro atoms. The van der Waals surface area contributed by atoms with Crippen molar-refractivity contribution in [3.8, 4) is 0 Å². The van der Waals surface area contributed by atoms with Gasteiger partial charge in [0.1, 0.15) is 5.82 Å². The number of hydrogen-bond donors (Lipinski definition) is 3. The average Bonchev–Trinajstić information content (AvgIpc) is 2.86. The number of aromatic nitrogens is 1. The number of rotatable bonds is 8. The highest BCUT2D eigenvalue weighted by molar-refractivity contribution is 5.45. The van der Waals surface area contributed by atoms with Crippen molar-refractivity contribution in [2.24, 2.45) is 0 Å². The molecule has 8 heteroatoms. The Bertz CT molecular complexity index is 1230. The molecule has 2 unspecified atom stereocenters. The van der Waals surface area contributed by atoms with Gasteiger partial charge in [0.05, 0.1) is 16.8 Å². The third-order valence-electron chi connectivity index (χ3n) is 5.63. The molecule has 0 aliphatic rings. The van der Waals surface area contributed by atoms with Crippen LogP contribution in [0.3, 0.4) is 0 Å². The SMILES string of the molecule is OC(Nc1ccc(F)cc1)NC(Cc1ccccc1)(c1cccc(C(F)(F)F)c1)c1ccccn1. The number of hydrogen-bond acceptors (Lipinski definition) is 4. The third kappa shape index (κ3) is 5.85. The molecular weight excluding hydrogens is 458 g/mol. The Kier molecular flexibility index (Phi) is 7.14. The van der Waals surface area contributed by atoms with Gasteiger partial charge >= 0.3 is 6.18 Å². The number of halogens is 4. The Morgan fingerprint density at radius 1 is 0.800 bits per heavy atom. The summed E-state index contributed by atoms with van der Waals surface area (Å²) in [4.78, 5) is 4.46. The minimum atomic E-state index is -4.55. The number of nitrogens with zero attached hydrogens (tertiary/aromatic N) is 1. The highest BCUT2D eigenvalue weighted by Crippen LogP contribution is 2.37. The van der Waals surface area contributed by atoms with Crippen LogP contribution in [0, 0.1) is 5.82 Å². The topological polar surface area (TPSA) is 57.2 Å². The van der Waals surface area contributed by atoms with Gasteiger partial charge < -0.3 is 10.4 Å². The van der Waals surface area contributed by atoms with E-state index in [2.05, 4.69) is 15.6 Å². The summed E-state index contributed by atoms with van der Waals surface area (Å²) in [5.74, 6) is -0.436. The van der Waals surface area contributed by atoms with Gasteiger partial charge in [0.2, 0.25) is 0 Å². The van der Waals surface area contributed by atoms with Gasteiger partial charge in [-0.2, -0.15) is 13.2 Å². The van der Waals surface area contributed by atoms with Crippen LogP contribution in [-0.2, 0) is 18.1 Å². The predicted octanol–water partition coefficient (Wildman–Crippen LogP) is 5.70. The lowest BCUT2D eigenvalue weighted by atomic mass is 9.80. The normalized spacial score (nSPS) is 14.2. The molecule has 1 aromatic heterocycles. The van der Waals surface area contributed by atoms with Crippen LogP contribution in [0.5, 0.6) is 0 Å². The molecular formula is C27H23F4N3O. The molecule has 0 saturated carbocycles. The standard InChI is InChI=1S/C27H23F4N3O/c28-22-12-14-23(15-13-22)33-25(35)34-26(24-11-4-5-16-32-24,18-19-7-2-1-3-8-19)20-9-6-10-21(17-20)27(29,30)31/h1-17,25,33-35H,18H2. The van der Waals surface area contributed by atoms with E-state index in [-0.39, 0.29) is 12.0 Å². The van der Waals surface area contributed by atoms with Crippen LogP contribution < -0.4 is 10.6 Å². The lowest BCUT2D eigenvalue weighted by Crippen LogP contribution is -2.53. The highest BCUT2D eigenvalue weighted by atomic mass is 19.4. The van der Waals surface area contributed by atoms with E-state index < -0.39 is 29.4 Å². The molecule has 0 aliphatic heterocycles. The maximum atomic E-state index is 13.6. The number of alkyl halides is 3. The first-order valence-corrected chi connectivity index (χ1v) is 10.9. The van der Waals surface area contributed by atoms with Crippen LogP contribution in [0.25, 0.3) is 0 Å². The summed E-state index contributed by atoms with van der Waals surface area (Å²) < 4.78 is 54.2. The fraction of sp³-hybridized carbons (Fsp3) is 0.148. The van der Waals surface area contributed by atoms with Crippen LogP contribution in [0.2, 0.25) is 0 Å². The van der Waals surface area contributed by atoms with E-state index in [9.17, 15) is 22.7 Å². The average molecular weight is 481 g/mol. The summed E-state index contributed by atoms with van der Waals surface area (Å²) in [6, 6.07) is 24.7. The summed E-state index contributed by atoms with van der Waals surface area (Å²) in [5, 5.41) is 16.9. The smallest absolute Gasteiger partial charge is 0.361 e. The molecule has 1 heterocycles. The molecule has 4 nitrogen and oxygen atoms in total. The number of pyridine rings is 1. The zero-order valence-electron chi connectivity index (χ0n) is 18.5. The number of nitrogens with one attached hydrogen (secondary N) is 2. The maximum absolute atomic E-state index is 13.6. The van der Waals surface area contributed by atoms with Gasteiger partial charge in [-0.25, -0.2) is 4.39 Å². The molecule has 180 valence electrons. The molecule has 0 aliphatic carbocycles. The highest BCUT2D eigenvalue weighted by Gasteiger charge is 2.40. The Balaban J connectivity index is 1.83. The van der Waals surface area contributed by atoms with Crippen molar-refractivity contribution in [2.75, 3.05) is 5.32 Å². The molecule has 0 amide bonds. The van der Waals surface area contributed by atoms with Gasteiger partial charge in [0.15, 0.2) is 6.35 Å². The Morgan fingerprint density at radius 2 is 1.49 bits per heavy atom. The maximum Gasteiger partial charge on any atom is 0.416 e. The second kappa shape index (κ2) is 10.2. The third-order valence-corrected chi connectivity index (χ3v) is 5.63. The van der Waals surface area contributed by atoms with Crippen LogP contribution in [0.15, 0.2) is 103 Å². The first-order valence-electron chi connectivity index (χ1n) is 10.9. The van der Waals surface area contributed by atoms with Crippen molar-refractivity contribution in [3.63, 3.8) is 0 Å². The van der Waals surface area contributed by atoms with Crippen LogP contribution in [-0.4, -0.2) is 16.4 Å². The summed E-state index contributed by atoms with van der Waals surface area (Å²) in [7, 11) is 0. The summed E-state index contributed by atoms with van der Waals surface area (Å²) in [6.45, 7) is 0. The van der Waals surface area contributed by atoms with E-state index in [4.69, 9.17) is 0 Å². The molecule has 3 N–H and O–H groups in total. The quantitative estimate of drug-likeness (QED) is 0.223. The van der Waals surface area contributed by atoms with Crippen LogP contribution >= 0.6 is 0 Å². The molecule has 35 heavy (non-hydrogen) atoms. The predicted molar refractivity (Wildman–Crippen MR) is 126 cm³/mol. The van der Waals surface area contributed by atoms with E-state index >= 15 is 0 Å². The summed E-state index contributed by atoms with van der Waals surface area (Å²) >= 11 is 0. The molecule has 3 aromatic carbocycles. The van der Waals surface area contributed by atoms with Crippen molar-refractivity contribution in [1.82, 2.24) is 10.3 Å². The van der Waals surface area contributed by atoms with Gasteiger partial charge in [0, 0.05) is 18.3 Å². The largest absolute Gasteiger partial charge is 0.416 e. The van der Waals surface area contributed by atoms with E-state index in [0.29, 0.717) is 11.4 Å². The summed E-state index contributed by atoms with van der Waals surface area (Å²) in [5.41, 5.74) is -0.234. The molecule has 0 radical (unpaired) electrons. The summed E-state index contributed by atoms with van der Waals surface area (Å²) in [6.07, 6.45) is -4.23. The van der Waals surface area contributed by atoms with Gasteiger partial charge in [-0.1, -0.05) is 48.5 Å². The van der Waals surface area contributed by atoms with Gasteiger partial charge in [-0.3, -0.25) is 10.3 Å². The van der Waals surface area contributed by atoms with E-state index in [1.165, 1.54) is 30.3 Å². The Hall–Kier alpha value is -3.75. The number of benzene rings is 3. The number of aliphatic hydroxyl groups excluding tert-OH is 1. The number of anilines is 1. The van der Waals surface area contributed by atoms with E-state index in [1.54, 1.807) is 30.5 Å². The van der Waals surface area contributed by atoms with Crippen LogP contribution in [0.1, 0.15) is 22.4 Å². The van der Waals surface area contributed by atoms with Crippen molar-refractivity contribution in [2.45, 2.75) is 24.5 Å². The van der Waals surface area contributed by atoms with Gasteiger partial charge in [0.25, 0.3) is 0 Å². The second-order valence-corrected chi connectivity index (χ2v) is 8.06. The fourth-order valence-corrected chi connectivity index (χ4v) is 4.00. The van der Waals surface area contributed by atoms with Gasteiger partial charge in [-0.15, -0.1) is 0 Å². The molecule has 4 aromatic rings. The van der Waals surface area contributed by atoms with Crippen molar-refractivity contribution in [1.29, 1.82) is 0 Å². The Morgan fingerprint density at radius 3 is 2.14 bits per heavy atom. The first kappa shape index (κ1) is 24.4. The van der Waals surface area contributed by atoms with Gasteiger partial charge in [-0.05, 0) is 59.7 Å². The lowest BCUT2D eigenvalue weighted by Gasteiger charge is -2.38.